The van der Waals surface area contributed by atoms with Crippen molar-refractivity contribution >= 4 is 28.0 Å². The molecule has 1 aromatic carbocycles. The van der Waals surface area contributed by atoms with Crippen LogP contribution in [0.2, 0.25) is 0 Å². The zero-order chi connectivity index (χ0) is 25.6. The molecule has 0 saturated heterocycles. The normalized spacial score (nSPS) is 13.7. The standard InChI is InChI=1S/C26H33BrFNO5/c1-14(2)25-20(9-7-17(30)11-18(31)12-23(32)33)24(19-8-6-16(28)10-22(19)27)21(13-34-5)26(29-25)15(3)4/h6-10,14-15,17-18,30-31H,11-13H2,1-5H3,(H,32,33)/t17-,18-/m1/s1. The first-order valence-corrected chi connectivity index (χ1v) is 12.0. The van der Waals surface area contributed by atoms with E-state index in [1.807, 2.05) is 13.8 Å². The molecule has 0 aliphatic heterocycles. The highest BCUT2D eigenvalue weighted by Crippen LogP contribution is 2.40. The number of hydrogen-bond donors (Lipinski definition) is 3. The van der Waals surface area contributed by atoms with Crippen LogP contribution in [0.25, 0.3) is 17.2 Å². The number of rotatable bonds is 11. The minimum Gasteiger partial charge on any atom is -0.481 e. The number of nitrogens with zero attached hydrogens (tertiary/aromatic N) is 1. The number of hydrogen-bond acceptors (Lipinski definition) is 5. The zero-order valence-electron chi connectivity index (χ0n) is 20.2. The van der Waals surface area contributed by atoms with Crippen molar-refractivity contribution in [1.82, 2.24) is 4.98 Å². The van der Waals surface area contributed by atoms with Gasteiger partial charge in [-0.15, -0.1) is 0 Å². The molecule has 34 heavy (non-hydrogen) atoms. The molecule has 0 unspecified atom stereocenters. The Bertz CT molecular complexity index is 1040. The molecule has 0 saturated carbocycles. The lowest BCUT2D eigenvalue weighted by Crippen LogP contribution is -2.19. The fraction of sp³-hybridized carbons (Fsp3) is 0.462. The highest BCUT2D eigenvalue weighted by atomic mass is 79.9. The predicted octanol–water partition coefficient (Wildman–Crippen LogP) is 5.64. The van der Waals surface area contributed by atoms with E-state index in [0.29, 0.717) is 11.1 Å². The number of ether oxygens (including phenoxy) is 1. The van der Waals surface area contributed by atoms with Gasteiger partial charge in [0.25, 0.3) is 0 Å². The molecule has 0 fully saturated rings. The number of benzene rings is 1. The molecule has 2 rings (SSSR count). The maximum Gasteiger partial charge on any atom is 0.305 e. The van der Waals surface area contributed by atoms with E-state index in [2.05, 4.69) is 29.8 Å². The number of pyridine rings is 1. The summed E-state index contributed by atoms with van der Waals surface area (Å²) in [5.41, 5.74) is 4.90. The lowest BCUT2D eigenvalue weighted by molar-refractivity contribution is -0.139. The largest absolute Gasteiger partial charge is 0.481 e. The van der Waals surface area contributed by atoms with Gasteiger partial charge in [0.2, 0.25) is 0 Å². The van der Waals surface area contributed by atoms with E-state index in [1.54, 1.807) is 19.3 Å². The van der Waals surface area contributed by atoms with Crippen LogP contribution in [-0.4, -0.2) is 45.6 Å². The third kappa shape index (κ3) is 7.18. The van der Waals surface area contributed by atoms with Crippen molar-refractivity contribution in [2.75, 3.05) is 7.11 Å². The van der Waals surface area contributed by atoms with Gasteiger partial charge < -0.3 is 20.1 Å². The second kappa shape index (κ2) is 12.5. The number of aliphatic hydroxyl groups excluding tert-OH is 2. The molecular weight excluding hydrogens is 505 g/mol. The highest BCUT2D eigenvalue weighted by molar-refractivity contribution is 9.10. The van der Waals surface area contributed by atoms with Crippen LogP contribution in [0, 0.1) is 5.82 Å². The second-order valence-electron chi connectivity index (χ2n) is 8.93. The fourth-order valence-electron chi connectivity index (χ4n) is 3.90. The number of carboxylic acid groups (broad SMARTS) is 1. The molecule has 1 aromatic heterocycles. The van der Waals surface area contributed by atoms with E-state index >= 15 is 0 Å². The SMILES string of the molecule is COCc1c(C(C)C)nc(C(C)C)c(C=C[C@@H](O)C[C@@H](O)CC(=O)O)c1-c1ccc(F)cc1Br. The summed E-state index contributed by atoms with van der Waals surface area (Å²) in [5.74, 6) is -1.35. The van der Waals surface area contributed by atoms with Gasteiger partial charge in [-0.2, -0.15) is 0 Å². The van der Waals surface area contributed by atoms with Crippen molar-refractivity contribution in [3.05, 3.63) is 57.1 Å². The van der Waals surface area contributed by atoms with Crippen LogP contribution in [0.3, 0.4) is 0 Å². The number of carboxylic acids is 1. The maximum absolute atomic E-state index is 13.9. The molecule has 0 radical (unpaired) electrons. The van der Waals surface area contributed by atoms with Gasteiger partial charge in [-0.25, -0.2) is 4.39 Å². The van der Waals surface area contributed by atoms with Gasteiger partial charge in [-0.1, -0.05) is 61.8 Å². The van der Waals surface area contributed by atoms with Gasteiger partial charge in [0.15, 0.2) is 0 Å². The summed E-state index contributed by atoms with van der Waals surface area (Å²) in [5, 5.41) is 29.2. The van der Waals surface area contributed by atoms with Gasteiger partial charge >= 0.3 is 5.97 Å². The Morgan fingerprint density at radius 1 is 1.18 bits per heavy atom. The number of halogens is 2. The Kier molecular flexibility index (Phi) is 10.4. The molecule has 0 aliphatic rings. The minimum absolute atomic E-state index is 0.0430. The molecule has 2 aromatic rings. The van der Waals surface area contributed by atoms with Crippen LogP contribution in [0.5, 0.6) is 0 Å². The van der Waals surface area contributed by atoms with Gasteiger partial charge in [0.1, 0.15) is 5.82 Å². The van der Waals surface area contributed by atoms with E-state index in [4.69, 9.17) is 14.8 Å². The lowest BCUT2D eigenvalue weighted by Gasteiger charge is -2.24. The Morgan fingerprint density at radius 2 is 1.82 bits per heavy atom. The number of methoxy groups -OCH3 is 1. The van der Waals surface area contributed by atoms with Crippen molar-refractivity contribution in [2.24, 2.45) is 0 Å². The van der Waals surface area contributed by atoms with Crippen LogP contribution in [-0.2, 0) is 16.1 Å². The van der Waals surface area contributed by atoms with Gasteiger partial charge in [-0.3, -0.25) is 9.78 Å². The van der Waals surface area contributed by atoms with Gasteiger partial charge in [-0.05, 0) is 35.1 Å². The van der Waals surface area contributed by atoms with Gasteiger partial charge in [0.05, 0.1) is 30.9 Å². The summed E-state index contributed by atoms with van der Waals surface area (Å²) >= 11 is 3.50. The summed E-state index contributed by atoms with van der Waals surface area (Å²) in [6, 6.07) is 4.50. The van der Waals surface area contributed by atoms with E-state index in [-0.39, 0.29) is 24.1 Å². The minimum atomic E-state index is -1.17. The van der Waals surface area contributed by atoms with Gasteiger partial charge in [0, 0.05) is 34.8 Å². The number of aliphatic carboxylic acids is 1. The van der Waals surface area contributed by atoms with Crippen molar-refractivity contribution in [2.45, 2.75) is 71.2 Å². The van der Waals surface area contributed by atoms with Crippen LogP contribution < -0.4 is 0 Å². The molecule has 186 valence electrons. The summed E-state index contributed by atoms with van der Waals surface area (Å²) < 4.78 is 20.0. The van der Waals surface area contributed by atoms with Crippen LogP contribution >= 0.6 is 15.9 Å². The predicted molar refractivity (Wildman–Crippen MR) is 134 cm³/mol. The monoisotopic (exact) mass is 537 g/mol. The number of aliphatic hydroxyl groups is 2. The van der Waals surface area contributed by atoms with Crippen molar-refractivity contribution in [3.8, 4) is 11.1 Å². The third-order valence-corrected chi connectivity index (χ3v) is 6.04. The first-order valence-electron chi connectivity index (χ1n) is 11.2. The number of aromatic nitrogens is 1. The highest BCUT2D eigenvalue weighted by Gasteiger charge is 2.24. The molecule has 0 aliphatic carbocycles. The van der Waals surface area contributed by atoms with Crippen molar-refractivity contribution in [3.63, 3.8) is 0 Å². The third-order valence-electron chi connectivity index (χ3n) is 5.39. The Morgan fingerprint density at radius 3 is 2.35 bits per heavy atom. The van der Waals surface area contributed by atoms with E-state index in [9.17, 15) is 19.4 Å². The van der Waals surface area contributed by atoms with Crippen LogP contribution in [0.15, 0.2) is 28.7 Å². The smallest absolute Gasteiger partial charge is 0.305 e. The molecule has 6 nitrogen and oxygen atoms in total. The Labute approximate surface area is 208 Å². The average molecular weight is 538 g/mol. The van der Waals surface area contributed by atoms with Crippen molar-refractivity contribution < 1.29 is 29.2 Å². The van der Waals surface area contributed by atoms with Crippen molar-refractivity contribution in [1.29, 1.82) is 0 Å². The van der Waals surface area contributed by atoms with E-state index < -0.39 is 24.6 Å². The first-order chi connectivity index (χ1) is 16.0. The summed E-state index contributed by atoms with van der Waals surface area (Å²) in [6.07, 6.45) is 0.485. The molecule has 1 heterocycles. The average Bonchev–Trinajstić information content (AvgIpc) is 2.71. The van der Waals surface area contributed by atoms with Crippen LogP contribution in [0.4, 0.5) is 4.39 Å². The number of carbonyl (C=O) groups is 1. The first kappa shape index (κ1) is 28.1. The maximum atomic E-state index is 13.9. The molecular formula is C26H33BrFNO5. The Balaban J connectivity index is 2.76. The van der Waals surface area contributed by atoms with E-state index in [0.717, 1.165) is 33.6 Å². The summed E-state index contributed by atoms with van der Waals surface area (Å²) in [7, 11) is 1.60. The quantitative estimate of drug-likeness (QED) is 0.342. The summed E-state index contributed by atoms with van der Waals surface area (Å²) in [6.45, 7) is 8.45. The molecule has 8 heteroatoms. The fourth-order valence-corrected chi connectivity index (χ4v) is 4.45. The summed E-state index contributed by atoms with van der Waals surface area (Å²) in [4.78, 5) is 15.8. The molecule has 2 atom stereocenters. The Hall–Kier alpha value is -2.13. The molecule has 3 N–H and O–H groups in total. The zero-order valence-corrected chi connectivity index (χ0v) is 21.8. The van der Waals surface area contributed by atoms with Crippen LogP contribution in [0.1, 0.15) is 74.9 Å². The lowest BCUT2D eigenvalue weighted by atomic mass is 9.87. The topological polar surface area (TPSA) is 99.9 Å². The van der Waals surface area contributed by atoms with E-state index in [1.165, 1.54) is 18.2 Å². The molecule has 0 amide bonds. The molecule has 0 spiro atoms. The second-order valence-corrected chi connectivity index (χ2v) is 9.78. The molecule has 0 bridgehead atoms.